The van der Waals surface area contributed by atoms with Crippen molar-refractivity contribution in [2.45, 2.75) is 26.4 Å². The van der Waals surface area contributed by atoms with Gasteiger partial charge >= 0.3 is 5.97 Å². The van der Waals surface area contributed by atoms with Gasteiger partial charge in [0.25, 0.3) is 5.91 Å². The van der Waals surface area contributed by atoms with Crippen LogP contribution in [0, 0.1) is 0 Å². The van der Waals surface area contributed by atoms with Crippen molar-refractivity contribution in [3.05, 3.63) is 22.7 Å². The molecule has 1 N–H and O–H groups in total. The summed E-state index contributed by atoms with van der Waals surface area (Å²) in [5.41, 5.74) is 0.323. The van der Waals surface area contributed by atoms with Gasteiger partial charge in [-0.05, 0) is 25.5 Å². The largest absolute Gasteiger partial charge is 0.490 e. The molecule has 138 valence electrons. The highest BCUT2D eigenvalue weighted by Crippen LogP contribution is 2.37. The van der Waals surface area contributed by atoms with Gasteiger partial charge in [-0.15, -0.1) is 0 Å². The Morgan fingerprint density at radius 2 is 2.12 bits per heavy atom. The molecule has 1 saturated heterocycles. The number of carboxylic acids is 1. The molecule has 1 amide bonds. The van der Waals surface area contributed by atoms with Crippen molar-refractivity contribution >= 4 is 23.5 Å². The van der Waals surface area contributed by atoms with Crippen LogP contribution >= 0.6 is 11.6 Å². The molecule has 1 fully saturated rings. The second-order valence-corrected chi connectivity index (χ2v) is 5.92. The lowest BCUT2D eigenvalue weighted by molar-refractivity contribution is -0.154. The topological polar surface area (TPSA) is 85.3 Å². The Kier molecular flexibility index (Phi) is 6.90. The molecule has 1 heterocycles. The van der Waals surface area contributed by atoms with Crippen LogP contribution in [0.5, 0.6) is 11.5 Å². The van der Waals surface area contributed by atoms with Gasteiger partial charge in [0.05, 0.1) is 31.4 Å². The molecule has 0 unspecified atom stereocenters. The highest BCUT2D eigenvalue weighted by molar-refractivity contribution is 6.32. The zero-order chi connectivity index (χ0) is 18.4. The first-order valence-electron chi connectivity index (χ1n) is 8.20. The molecule has 25 heavy (non-hydrogen) atoms. The summed E-state index contributed by atoms with van der Waals surface area (Å²) in [4.78, 5) is 25.2. The van der Waals surface area contributed by atoms with Crippen molar-refractivity contribution in [1.29, 1.82) is 0 Å². The fraction of sp³-hybridized carbons (Fsp3) is 0.529. The molecular weight excluding hydrogens is 350 g/mol. The minimum atomic E-state index is -1.09. The first kappa shape index (κ1) is 19.3. The van der Waals surface area contributed by atoms with E-state index in [1.54, 1.807) is 6.07 Å². The summed E-state index contributed by atoms with van der Waals surface area (Å²) in [6.07, 6.45) is -0.209. The predicted molar refractivity (Wildman–Crippen MR) is 91.7 cm³/mol. The highest BCUT2D eigenvalue weighted by atomic mass is 35.5. The summed E-state index contributed by atoms with van der Waals surface area (Å²) in [6.45, 7) is 5.16. The molecule has 1 atom stereocenters. The van der Waals surface area contributed by atoms with Gasteiger partial charge in [-0.25, -0.2) is 4.79 Å². The number of carbonyl (C=O) groups excluding carboxylic acids is 1. The average molecular weight is 372 g/mol. The van der Waals surface area contributed by atoms with E-state index in [-0.39, 0.29) is 24.1 Å². The Balaban J connectivity index is 2.25. The second kappa shape index (κ2) is 8.92. The van der Waals surface area contributed by atoms with E-state index in [1.165, 1.54) is 11.0 Å². The summed E-state index contributed by atoms with van der Waals surface area (Å²) in [5.74, 6) is -0.601. The van der Waals surface area contributed by atoms with E-state index in [4.69, 9.17) is 30.9 Å². The van der Waals surface area contributed by atoms with Gasteiger partial charge in [0.15, 0.2) is 17.6 Å². The molecule has 0 radical (unpaired) electrons. The molecule has 2 rings (SSSR count). The molecule has 1 aliphatic heterocycles. The van der Waals surface area contributed by atoms with Crippen molar-refractivity contribution in [2.75, 3.05) is 32.9 Å². The minimum Gasteiger partial charge on any atom is -0.490 e. The summed E-state index contributed by atoms with van der Waals surface area (Å²) >= 11 is 6.27. The zero-order valence-corrected chi connectivity index (χ0v) is 15.0. The first-order valence-corrected chi connectivity index (χ1v) is 8.58. The van der Waals surface area contributed by atoms with E-state index in [0.717, 1.165) is 6.42 Å². The third-order valence-electron chi connectivity index (χ3n) is 3.64. The number of benzene rings is 1. The van der Waals surface area contributed by atoms with E-state index < -0.39 is 12.1 Å². The molecule has 0 saturated carbocycles. The highest BCUT2D eigenvalue weighted by Gasteiger charge is 2.30. The number of halogens is 1. The molecule has 1 aromatic rings. The van der Waals surface area contributed by atoms with Crippen LogP contribution in [0.1, 0.15) is 30.6 Å². The number of carbonyl (C=O) groups is 2. The molecule has 1 aliphatic rings. The van der Waals surface area contributed by atoms with E-state index in [0.29, 0.717) is 36.8 Å². The molecular formula is C17H22ClNO6. The van der Waals surface area contributed by atoms with Gasteiger partial charge in [0.1, 0.15) is 0 Å². The Hall–Kier alpha value is -1.99. The molecule has 7 nitrogen and oxygen atoms in total. The number of hydrogen-bond acceptors (Lipinski definition) is 5. The maximum Gasteiger partial charge on any atom is 0.334 e. The number of rotatable bonds is 7. The van der Waals surface area contributed by atoms with E-state index in [9.17, 15) is 9.59 Å². The van der Waals surface area contributed by atoms with Crippen LogP contribution in [0.15, 0.2) is 12.1 Å². The van der Waals surface area contributed by atoms with E-state index in [2.05, 4.69) is 0 Å². The van der Waals surface area contributed by atoms with Crippen molar-refractivity contribution in [3.63, 3.8) is 0 Å². The number of nitrogens with zero attached hydrogens (tertiary/aromatic N) is 1. The predicted octanol–water partition coefficient (Wildman–Crippen LogP) is 2.45. The van der Waals surface area contributed by atoms with Crippen LogP contribution in [-0.4, -0.2) is 60.9 Å². The monoisotopic (exact) mass is 371 g/mol. The first-order chi connectivity index (χ1) is 12.0. The van der Waals surface area contributed by atoms with Gasteiger partial charge in [0.2, 0.25) is 0 Å². The molecule has 0 aliphatic carbocycles. The number of morpholine rings is 1. The van der Waals surface area contributed by atoms with E-state index >= 15 is 0 Å². The Bertz CT molecular complexity index is 636. The summed E-state index contributed by atoms with van der Waals surface area (Å²) in [7, 11) is 0. The number of amides is 1. The van der Waals surface area contributed by atoms with Crippen LogP contribution in [0.25, 0.3) is 0 Å². The van der Waals surface area contributed by atoms with Gasteiger partial charge < -0.3 is 24.2 Å². The Labute approximate surface area is 151 Å². The summed E-state index contributed by atoms with van der Waals surface area (Å²) in [6, 6.07) is 3.09. The number of carboxylic acid groups (broad SMARTS) is 1. The van der Waals surface area contributed by atoms with Gasteiger partial charge in [-0.1, -0.05) is 18.5 Å². The number of hydrogen-bond donors (Lipinski definition) is 1. The van der Waals surface area contributed by atoms with Crippen molar-refractivity contribution in [1.82, 2.24) is 4.90 Å². The minimum absolute atomic E-state index is 0.0101. The molecule has 0 spiro atoms. The standard InChI is InChI=1S/C17H22ClNO6/c1-3-6-25-15-12(18)8-11(9-13(15)23-4-2)16(20)19-5-7-24-14(10-19)17(21)22/h8-9,14H,3-7,10H2,1-2H3,(H,21,22)/t14-/m1/s1. The normalized spacial score (nSPS) is 17.2. The lowest BCUT2D eigenvalue weighted by Gasteiger charge is -2.31. The van der Waals surface area contributed by atoms with Gasteiger partial charge in [-0.3, -0.25) is 4.79 Å². The van der Waals surface area contributed by atoms with Crippen molar-refractivity contribution < 1.29 is 28.9 Å². The fourth-order valence-corrected chi connectivity index (χ4v) is 2.73. The van der Waals surface area contributed by atoms with Gasteiger partial charge in [-0.2, -0.15) is 0 Å². The average Bonchev–Trinajstić information content (AvgIpc) is 2.60. The second-order valence-electron chi connectivity index (χ2n) is 5.52. The summed E-state index contributed by atoms with van der Waals surface area (Å²) < 4.78 is 16.3. The number of aliphatic carboxylic acids is 1. The quantitative estimate of drug-likeness (QED) is 0.792. The lowest BCUT2D eigenvalue weighted by Crippen LogP contribution is -2.48. The maximum absolute atomic E-state index is 12.7. The van der Waals surface area contributed by atoms with Crippen LogP contribution in [0.2, 0.25) is 5.02 Å². The maximum atomic E-state index is 12.7. The third kappa shape index (κ3) is 4.76. The smallest absolute Gasteiger partial charge is 0.334 e. The molecule has 0 bridgehead atoms. The molecule has 8 heteroatoms. The van der Waals surface area contributed by atoms with Crippen molar-refractivity contribution in [2.24, 2.45) is 0 Å². The van der Waals surface area contributed by atoms with Crippen LogP contribution in [0.3, 0.4) is 0 Å². The fourth-order valence-electron chi connectivity index (χ4n) is 2.46. The van der Waals surface area contributed by atoms with Gasteiger partial charge in [0, 0.05) is 12.1 Å². The van der Waals surface area contributed by atoms with Crippen LogP contribution < -0.4 is 9.47 Å². The van der Waals surface area contributed by atoms with E-state index in [1.807, 2.05) is 13.8 Å². The number of ether oxygens (including phenoxy) is 3. The van der Waals surface area contributed by atoms with Crippen LogP contribution in [0.4, 0.5) is 0 Å². The third-order valence-corrected chi connectivity index (χ3v) is 3.92. The Morgan fingerprint density at radius 1 is 1.36 bits per heavy atom. The van der Waals surface area contributed by atoms with Crippen molar-refractivity contribution in [3.8, 4) is 11.5 Å². The lowest BCUT2D eigenvalue weighted by atomic mass is 10.1. The Morgan fingerprint density at radius 3 is 2.76 bits per heavy atom. The van der Waals surface area contributed by atoms with Crippen LogP contribution in [-0.2, 0) is 9.53 Å². The summed E-state index contributed by atoms with van der Waals surface area (Å²) in [5, 5.41) is 9.35. The molecule has 1 aromatic carbocycles. The SMILES string of the molecule is CCCOc1c(Cl)cc(C(=O)N2CCO[C@@H](C(=O)O)C2)cc1OCC. The zero-order valence-electron chi connectivity index (χ0n) is 14.3. The molecule has 0 aromatic heterocycles.